The number of nitrogens with zero attached hydrogens (tertiary/aromatic N) is 3. The zero-order chi connectivity index (χ0) is 15.5. The molecule has 3 unspecified atom stereocenters. The zero-order valence-corrected chi connectivity index (χ0v) is 14.4. The van der Waals surface area contributed by atoms with Crippen molar-refractivity contribution in [3.63, 3.8) is 0 Å². The first kappa shape index (κ1) is 16.8. The van der Waals surface area contributed by atoms with E-state index in [4.69, 9.17) is 0 Å². The molecule has 1 aliphatic carbocycles. The minimum absolute atomic E-state index is 0.248. The van der Waals surface area contributed by atoms with Crippen molar-refractivity contribution >= 4 is 0 Å². The molecule has 21 heavy (non-hydrogen) atoms. The Bertz CT molecular complexity index is 371. The lowest BCUT2D eigenvalue weighted by molar-refractivity contribution is 0.0537. The lowest BCUT2D eigenvalue weighted by Gasteiger charge is -2.45. The van der Waals surface area contributed by atoms with E-state index in [1.807, 2.05) is 0 Å². The van der Waals surface area contributed by atoms with Crippen LogP contribution in [0.3, 0.4) is 0 Å². The minimum atomic E-state index is 0.248. The van der Waals surface area contributed by atoms with Crippen molar-refractivity contribution in [2.24, 2.45) is 17.3 Å². The van der Waals surface area contributed by atoms with E-state index in [1.165, 1.54) is 38.8 Å². The molecule has 2 fully saturated rings. The molecular weight excluding hydrogens is 258 g/mol. The molecule has 0 aromatic heterocycles. The van der Waals surface area contributed by atoms with Crippen LogP contribution >= 0.6 is 0 Å². The van der Waals surface area contributed by atoms with Gasteiger partial charge in [0.15, 0.2) is 0 Å². The van der Waals surface area contributed by atoms with Gasteiger partial charge >= 0.3 is 0 Å². The average molecular weight is 291 g/mol. The highest BCUT2D eigenvalue weighted by Crippen LogP contribution is 2.43. The van der Waals surface area contributed by atoms with Gasteiger partial charge in [0.05, 0.1) is 12.0 Å². The van der Waals surface area contributed by atoms with E-state index < -0.39 is 0 Å². The molecule has 0 aromatic rings. The van der Waals surface area contributed by atoms with Crippen molar-refractivity contribution in [1.82, 2.24) is 9.80 Å². The third kappa shape index (κ3) is 3.99. The summed E-state index contributed by atoms with van der Waals surface area (Å²) in [6.45, 7) is 11.8. The summed E-state index contributed by atoms with van der Waals surface area (Å²) in [6.07, 6.45) is 6.05. The van der Waals surface area contributed by atoms with E-state index in [9.17, 15) is 5.26 Å². The van der Waals surface area contributed by atoms with Gasteiger partial charge in [-0.1, -0.05) is 27.2 Å². The number of hydrogen-bond acceptors (Lipinski definition) is 3. The third-order valence-corrected chi connectivity index (χ3v) is 6.22. The van der Waals surface area contributed by atoms with Gasteiger partial charge in [0.2, 0.25) is 0 Å². The summed E-state index contributed by atoms with van der Waals surface area (Å²) in [5, 5.41) is 9.57. The fraction of sp³-hybridized carbons (Fsp3) is 0.944. The maximum Gasteiger partial charge on any atom is 0.0672 e. The molecule has 1 aliphatic heterocycles. The Labute approximate surface area is 131 Å². The number of hydrogen-bond donors (Lipinski definition) is 0. The van der Waals surface area contributed by atoms with Gasteiger partial charge in [-0.2, -0.15) is 5.26 Å². The minimum Gasteiger partial charge on any atom is -0.305 e. The highest BCUT2D eigenvalue weighted by atomic mass is 15.2. The molecule has 1 saturated heterocycles. The molecule has 1 heterocycles. The fourth-order valence-electron chi connectivity index (χ4n) is 4.10. The van der Waals surface area contributed by atoms with E-state index in [1.54, 1.807) is 0 Å². The van der Waals surface area contributed by atoms with E-state index in [-0.39, 0.29) is 5.92 Å². The normalized spacial score (nSPS) is 33.4. The van der Waals surface area contributed by atoms with Crippen LogP contribution in [0.25, 0.3) is 0 Å². The highest BCUT2D eigenvalue weighted by molar-refractivity contribution is 5.00. The molecule has 0 amide bonds. The summed E-state index contributed by atoms with van der Waals surface area (Å²) in [6, 6.07) is 3.11. The van der Waals surface area contributed by atoms with Crippen LogP contribution in [0.1, 0.15) is 52.9 Å². The Kier molecular flexibility index (Phi) is 5.68. The Hall–Kier alpha value is -0.590. The van der Waals surface area contributed by atoms with Crippen LogP contribution in [-0.2, 0) is 0 Å². The van der Waals surface area contributed by atoms with Crippen molar-refractivity contribution < 1.29 is 0 Å². The molecule has 3 nitrogen and oxygen atoms in total. The molecule has 3 atom stereocenters. The standard InChI is InChI=1S/C18H33N3/c1-5-18(2,3)16-8-7-15(14-19)17(13-16)21-10-6-9-20(4)11-12-21/h15-17H,5-13H2,1-4H3. The zero-order valence-electron chi connectivity index (χ0n) is 14.4. The summed E-state index contributed by atoms with van der Waals surface area (Å²) in [5.74, 6) is 1.02. The topological polar surface area (TPSA) is 30.3 Å². The summed E-state index contributed by atoms with van der Waals surface area (Å²) < 4.78 is 0. The van der Waals surface area contributed by atoms with Crippen LogP contribution < -0.4 is 0 Å². The van der Waals surface area contributed by atoms with Crippen molar-refractivity contribution in [1.29, 1.82) is 5.26 Å². The molecule has 0 aromatic carbocycles. The molecule has 0 radical (unpaired) electrons. The van der Waals surface area contributed by atoms with E-state index in [0.717, 1.165) is 25.4 Å². The van der Waals surface area contributed by atoms with E-state index in [0.29, 0.717) is 11.5 Å². The van der Waals surface area contributed by atoms with Crippen molar-refractivity contribution in [3.05, 3.63) is 0 Å². The van der Waals surface area contributed by atoms with Crippen LogP contribution in [-0.4, -0.2) is 49.1 Å². The van der Waals surface area contributed by atoms with Crippen molar-refractivity contribution in [2.75, 3.05) is 33.2 Å². The molecule has 2 aliphatic rings. The number of likely N-dealkylation sites (N-methyl/N-ethyl adjacent to an activating group) is 1. The summed E-state index contributed by atoms with van der Waals surface area (Å²) >= 11 is 0. The van der Waals surface area contributed by atoms with Crippen molar-refractivity contribution in [3.8, 4) is 6.07 Å². The molecule has 2 rings (SSSR count). The molecule has 0 spiro atoms. The molecule has 0 bridgehead atoms. The van der Waals surface area contributed by atoms with E-state index in [2.05, 4.69) is 43.7 Å². The Morgan fingerprint density at radius 2 is 1.90 bits per heavy atom. The predicted octanol–water partition coefficient (Wildman–Crippen LogP) is 3.37. The van der Waals surface area contributed by atoms with E-state index >= 15 is 0 Å². The van der Waals surface area contributed by atoms with Crippen LogP contribution in [0.5, 0.6) is 0 Å². The molecule has 3 heteroatoms. The van der Waals surface area contributed by atoms with Gasteiger partial charge in [0.25, 0.3) is 0 Å². The monoisotopic (exact) mass is 291 g/mol. The number of nitriles is 1. The first-order valence-electron chi connectivity index (χ1n) is 8.80. The maximum absolute atomic E-state index is 9.57. The summed E-state index contributed by atoms with van der Waals surface area (Å²) in [7, 11) is 2.22. The average Bonchev–Trinajstić information content (AvgIpc) is 2.71. The first-order chi connectivity index (χ1) is 9.97. The largest absolute Gasteiger partial charge is 0.305 e. The van der Waals surface area contributed by atoms with Gasteiger partial charge in [-0.25, -0.2) is 0 Å². The second-order valence-corrected chi connectivity index (χ2v) is 7.85. The molecule has 120 valence electrons. The Morgan fingerprint density at radius 3 is 2.57 bits per heavy atom. The van der Waals surface area contributed by atoms with Crippen LogP contribution in [0, 0.1) is 28.6 Å². The SMILES string of the molecule is CCC(C)(C)C1CCC(C#N)C(N2CCCN(C)CC2)C1. The molecular formula is C18H33N3. The van der Waals surface area contributed by atoms with Gasteiger partial charge in [-0.3, -0.25) is 4.90 Å². The second-order valence-electron chi connectivity index (χ2n) is 7.85. The molecule has 0 N–H and O–H groups in total. The van der Waals surface area contributed by atoms with Gasteiger partial charge in [0.1, 0.15) is 0 Å². The third-order valence-electron chi connectivity index (χ3n) is 6.22. The van der Waals surface area contributed by atoms with Crippen LogP contribution in [0.4, 0.5) is 0 Å². The van der Waals surface area contributed by atoms with Crippen LogP contribution in [0.2, 0.25) is 0 Å². The lowest BCUT2D eigenvalue weighted by atomic mass is 9.66. The lowest BCUT2D eigenvalue weighted by Crippen LogP contribution is -2.47. The smallest absolute Gasteiger partial charge is 0.0672 e. The quantitative estimate of drug-likeness (QED) is 0.798. The summed E-state index contributed by atoms with van der Waals surface area (Å²) in [4.78, 5) is 5.06. The van der Waals surface area contributed by atoms with Crippen molar-refractivity contribution in [2.45, 2.75) is 58.9 Å². The highest BCUT2D eigenvalue weighted by Gasteiger charge is 2.39. The fourth-order valence-corrected chi connectivity index (χ4v) is 4.10. The van der Waals surface area contributed by atoms with Gasteiger partial charge in [-0.15, -0.1) is 0 Å². The van der Waals surface area contributed by atoms with Gasteiger partial charge < -0.3 is 4.90 Å². The second kappa shape index (κ2) is 7.11. The van der Waals surface area contributed by atoms with Gasteiger partial charge in [-0.05, 0) is 57.2 Å². The predicted molar refractivity (Wildman–Crippen MR) is 88.0 cm³/mol. The van der Waals surface area contributed by atoms with Gasteiger partial charge in [0, 0.05) is 19.1 Å². The summed E-state index contributed by atoms with van der Waals surface area (Å²) in [5.41, 5.74) is 0.418. The van der Waals surface area contributed by atoms with Crippen LogP contribution in [0.15, 0.2) is 0 Å². The Balaban J connectivity index is 2.08. The molecule has 1 saturated carbocycles. The Morgan fingerprint density at radius 1 is 1.14 bits per heavy atom. The number of rotatable bonds is 3. The maximum atomic E-state index is 9.57. The first-order valence-corrected chi connectivity index (χ1v) is 8.80.